The van der Waals surface area contributed by atoms with Crippen LogP contribution in [0.3, 0.4) is 0 Å². The molecule has 1 fully saturated rings. The maximum Gasteiger partial charge on any atom is 0.122 e. The summed E-state index contributed by atoms with van der Waals surface area (Å²) in [7, 11) is 0. The molecule has 0 aromatic heterocycles. The molecule has 0 saturated heterocycles. The Morgan fingerprint density at radius 1 is 1.15 bits per heavy atom. The van der Waals surface area contributed by atoms with Crippen molar-refractivity contribution < 1.29 is 4.74 Å². The molecule has 0 radical (unpaired) electrons. The van der Waals surface area contributed by atoms with Crippen molar-refractivity contribution in [3.63, 3.8) is 0 Å². The van der Waals surface area contributed by atoms with Gasteiger partial charge in [0.05, 0.1) is 6.61 Å². The van der Waals surface area contributed by atoms with E-state index < -0.39 is 0 Å². The van der Waals surface area contributed by atoms with Gasteiger partial charge in [0, 0.05) is 12.0 Å². The second kappa shape index (κ2) is 6.15. The minimum atomic E-state index is 0.382. The van der Waals surface area contributed by atoms with Gasteiger partial charge in [-0.05, 0) is 42.7 Å². The van der Waals surface area contributed by atoms with Gasteiger partial charge in [0.25, 0.3) is 0 Å². The zero-order valence-electron chi connectivity index (χ0n) is 12.3. The van der Waals surface area contributed by atoms with Crippen LogP contribution in [0.1, 0.15) is 50.5 Å². The summed E-state index contributed by atoms with van der Waals surface area (Å²) in [5.41, 5.74) is 4.48. The van der Waals surface area contributed by atoms with Crippen LogP contribution in [0.25, 0.3) is 0 Å². The SMILES string of the molecule is CC1CCC(C(NN)C2CCOc3ccccc32)CC1. The highest BCUT2D eigenvalue weighted by molar-refractivity contribution is 5.38. The Hall–Kier alpha value is -1.06. The normalized spacial score (nSPS) is 31.2. The number of hydrogen-bond donors (Lipinski definition) is 2. The first-order valence-corrected chi connectivity index (χ1v) is 7.97. The Morgan fingerprint density at radius 2 is 1.90 bits per heavy atom. The molecular weight excluding hydrogens is 248 g/mol. The Kier molecular flexibility index (Phi) is 4.27. The molecule has 110 valence electrons. The number of fused-ring (bicyclic) bond motifs is 1. The molecule has 1 aromatic rings. The maximum absolute atomic E-state index is 5.94. The average Bonchev–Trinajstić information content (AvgIpc) is 2.50. The van der Waals surface area contributed by atoms with Crippen molar-refractivity contribution in [1.29, 1.82) is 0 Å². The summed E-state index contributed by atoms with van der Waals surface area (Å²) >= 11 is 0. The van der Waals surface area contributed by atoms with Crippen LogP contribution in [0.15, 0.2) is 24.3 Å². The molecule has 1 aliphatic heterocycles. The smallest absolute Gasteiger partial charge is 0.122 e. The number of para-hydroxylation sites is 1. The van der Waals surface area contributed by atoms with E-state index in [-0.39, 0.29) is 0 Å². The van der Waals surface area contributed by atoms with Crippen LogP contribution in [-0.2, 0) is 0 Å². The number of nitrogens with one attached hydrogen (secondary N) is 1. The highest BCUT2D eigenvalue weighted by Crippen LogP contribution is 2.41. The van der Waals surface area contributed by atoms with Crippen molar-refractivity contribution >= 4 is 0 Å². The summed E-state index contributed by atoms with van der Waals surface area (Å²) in [6.07, 6.45) is 6.35. The van der Waals surface area contributed by atoms with Gasteiger partial charge in [-0.1, -0.05) is 38.0 Å². The summed E-state index contributed by atoms with van der Waals surface area (Å²) < 4.78 is 5.78. The van der Waals surface area contributed by atoms with Gasteiger partial charge in [-0.2, -0.15) is 0 Å². The molecule has 0 amide bonds. The van der Waals surface area contributed by atoms with E-state index >= 15 is 0 Å². The van der Waals surface area contributed by atoms with E-state index in [2.05, 4.69) is 30.5 Å². The fourth-order valence-corrected chi connectivity index (χ4v) is 3.97. The molecule has 3 heteroatoms. The standard InChI is InChI=1S/C17H26N2O/c1-12-6-8-13(9-7-12)17(19-18)15-10-11-20-16-5-3-2-4-14(15)16/h2-5,12-13,15,17,19H,6-11,18H2,1H3. The average molecular weight is 274 g/mol. The first-order valence-electron chi connectivity index (χ1n) is 7.97. The quantitative estimate of drug-likeness (QED) is 0.657. The third-order valence-corrected chi connectivity index (χ3v) is 5.20. The van der Waals surface area contributed by atoms with Crippen molar-refractivity contribution in [2.75, 3.05) is 6.61 Å². The van der Waals surface area contributed by atoms with Crippen molar-refractivity contribution in [3.8, 4) is 5.75 Å². The lowest BCUT2D eigenvalue weighted by molar-refractivity contribution is 0.177. The zero-order valence-corrected chi connectivity index (χ0v) is 12.3. The topological polar surface area (TPSA) is 47.3 Å². The Balaban J connectivity index is 1.80. The first-order chi connectivity index (χ1) is 9.79. The molecule has 3 nitrogen and oxygen atoms in total. The van der Waals surface area contributed by atoms with Gasteiger partial charge >= 0.3 is 0 Å². The zero-order chi connectivity index (χ0) is 13.9. The van der Waals surface area contributed by atoms with Gasteiger partial charge in [-0.15, -0.1) is 0 Å². The third kappa shape index (κ3) is 2.70. The molecule has 1 heterocycles. The van der Waals surface area contributed by atoms with Crippen LogP contribution < -0.4 is 16.0 Å². The highest BCUT2D eigenvalue weighted by atomic mass is 16.5. The lowest BCUT2D eigenvalue weighted by Gasteiger charge is -2.39. The van der Waals surface area contributed by atoms with E-state index in [1.165, 1.54) is 31.2 Å². The number of rotatable bonds is 3. The molecule has 3 N–H and O–H groups in total. The molecule has 1 aromatic carbocycles. The van der Waals surface area contributed by atoms with Crippen LogP contribution in [0.2, 0.25) is 0 Å². The van der Waals surface area contributed by atoms with Crippen molar-refractivity contribution in [2.45, 2.75) is 51.0 Å². The van der Waals surface area contributed by atoms with E-state index in [4.69, 9.17) is 10.6 Å². The minimum absolute atomic E-state index is 0.382. The number of benzene rings is 1. The fraction of sp³-hybridized carbons (Fsp3) is 0.647. The van der Waals surface area contributed by atoms with Crippen molar-refractivity contribution in [2.24, 2.45) is 17.7 Å². The monoisotopic (exact) mass is 274 g/mol. The van der Waals surface area contributed by atoms with Crippen LogP contribution >= 0.6 is 0 Å². The van der Waals surface area contributed by atoms with Crippen molar-refractivity contribution in [3.05, 3.63) is 29.8 Å². The van der Waals surface area contributed by atoms with Gasteiger partial charge < -0.3 is 4.74 Å². The first kappa shape index (κ1) is 13.9. The Morgan fingerprint density at radius 3 is 2.65 bits per heavy atom. The van der Waals surface area contributed by atoms with Gasteiger partial charge in [0.2, 0.25) is 0 Å². The molecular formula is C17H26N2O. The van der Waals surface area contributed by atoms with Crippen molar-refractivity contribution in [1.82, 2.24) is 5.43 Å². The highest BCUT2D eigenvalue weighted by Gasteiger charge is 2.34. The molecule has 1 aliphatic carbocycles. The molecule has 2 unspecified atom stereocenters. The summed E-state index contributed by atoms with van der Waals surface area (Å²) in [4.78, 5) is 0. The van der Waals surface area contributed by atoms with E-state index in [0.29, 0.717) is 17.9 Å². The summed E-state index contributed by atoms with van der Waals surface area (Å²) in [5.74, 6) is 9.06. The number of hydrazine groups is 1. The summed E-state index contributed by atoms with van der Waals surface area (Å²) in [5, 5.41) is 0. The van der Waals surface area contributed by atoms with Gasteiger partial charge in [0.1, 0.15) is 5.75 Å². The number of ether oxygens (including phenoxy) is 1. The molecule has 2 aliphatic rings. The second-order valence-electron chi connectivity index (χ2n) is 6.49. The van der Waals surface area contributed by atoms with Crippen LogP contribution in [0, 0.1) is 11.8 Å². The largest absolute Gasteiger partial charge is 0.493 e. The second-order valence-corrected chi connectivity index (χ2v) is 6.49. The predicted octanol–water partition coefficient (Wildman–Crippen LogP) is 3.21. The van der Waals surface area contributed by atoms with Gasteiger partial charge in [-0.25, -0.2) is 0 Å². The van der Waals surface area contributed by atoms with Crippen LogP contribution in [0.4, 0.5) is 0 Å². The third-order valence-electron chi connectivity index (χ3n) is 5.20. The fourth-order valence-electron chi connectivity index (χ4n) is 3.97. The Labute approximate surface area is 121 Å². The summed E-state index contributed by atoms with van der Waals surface area (Å²) in [6.45, 7) is 3.17. The molecule has 0 spiro atoms. The van der Waals surface area contributed by atoms with Gasteiger partial charge in [-0.3, -0.25) is 11.3 Å². The van der Waals surface area contributed by atoms with Crippen LogP contribution in [0.5, 0.6) is 5.75 Å². The maximum atomic E-state index is 5.94. The lowest BCUT2D eigenvalue weighted by atomic mass is 9.73. The minimum Gasteiger partial charge on any atom is -0.493 e. The predicted molar refractivity (Wildman–Crippen MR) is 81.5 cm³/mol. The lowest BCUT2D eigenvalue weighted by Crippen LogP contribution is -2.47. The molecule has 0 bridgehead atoms. The molecule has 1 saturated carbocycles. The molecule has 20 heavy (non-hydrogen) atoms. The molecule has 3 rings (SSSR count). The van der Waals surface area contributed by atoms with Gasteiger partial charge in [0.15, 0.2) is 0 Å². The van der Waals surface area contributed by atoms with E-state index in [9.17, 15) is 0 Å². The summed E-state index contributed by atoms with van der Waals surface area (Å²) in [6, 6.07) is 8.82. The van der Waals surface area contributed by atoms with E-state index in [1.54, 1.807) is 0 Å². The van der Waals surface area contributed by atoms with Crippen LogP contribution in [-0.4, -0.2) is 12.6 Å². The Bertz CT molecular complexity index is 440. The molecule has 2 atom stereocenters. The number of hydrogen-bond acceptors (Lipinski definition) is 3. The van der Waals surface area contributed by atoms with E-state index in [0.717, 1.165) is 24.7 Å². The number of nitrogens with two attached hydrogens (primary N) is 1. The van der Waals surface area contributed by atoms with E-state index in [1.807, 2.05) is 6.07 Å².